The van der Waals surface area contributed by atoms with Gasteiger partial charge in [-0.1, -0.05) is 10.4 Å². The first kappa shape index (κ1) is 15.0. The summed E-state index contributed by atoms with van der Waals surface area (Å²) in [4.78, 5) is 32.4. The number of nitrogens with one attached hydrogen (secondary N) is 1. The number of carbonyl (C=O) groups is 1. The quantitative estimate of drug-likeness (QED) is 0.608. The molecule has 2 atom stereocenters. The lowest BCUT2D eigenvalue weighted by Gasteiger charge is -2.15. The minimum atomic E-state index is -1.35. The van der Waals surface area contributed by atoms with Crippen molar-refractivity contribution >= 4 is 17.7 Å². The van der Waals surface area contributed by atoms with Gasteiger partial charge in [-0.3, -0.25) is 4.79 Å². The lowest BCUT2D eigenvalue weighted by atomic mass is 10.2. The topological polar surface area (TPSA) is 108 Å². The van der Waals surface area contributed by atoms with E-state index in [0.717, 1.165) is 11.8 Å². The monoisotopic (exact) mass is 249 g/mol. The van der Waals surface area contributed by atoms with Crippen LogP contribution in [0.2, 0.25) is 0 Å². The van der Waals surface area contributed by atoms with E-state index in [2.05, 4.69) is 15.7 Å². The highest BCUT2D eigenvalue weighted by atomic mass is 32.2. The molecule has 0 fully saturated rings. The zero-order valence-corrected chi connectivity index (χ0v) is 9.94. The highest BCUT2D eigenvalue weighted by Gasteiger charge is 2.31. The van der Waals surface area contributed by atoms with Crippen LogP contribution in [0.3, 0.4) is 0 Å². The number of nitroso groups, excluding NO2 is 2. The van der Waals surface area contributed by atoms with Crippen LogP contribution in [0.25, 0.3) is 0 Å². The number of amides is 1. The first-order valence-corrected chi connectivity index (χ1v) is 5.79. The Balaban J connectivity index is 4.47. The predicted molar refractivity (Wildman–Crippen MR) is 62.0 cm³/mol. The zero-order valence-electron chi connectivity index (χ0n) is 9.12. The molecule has 1 amide bonds. The van der Waals surface area contributed by atoms with Crippen LogP contribution < -0.4 is 5.32 Å². The van der Waals surface area contributed by atoms with E-state index in [4.69, 9.17) is 5.11 Å². The molecule has 0 aromatic rings. The summed E-state index contributed by atoms with van der Waals surface area (Å²) in [5.74, 6) is -0.405. The molecule has 0 radical (unpaired) electrons. The molecule has 2 N–H and O–H groups in total. The van der Waals surface area contributed by atoms with Crippen molar-refractivity contribution in [3.63, 3.8) is 0 Å². The van der Waals surface area contributed by atoms with Crippen molar-refractivity contribution in [1.82, 2.24) is 5.32 Å². The molecule has 0 spiro atoms. The second-order valence-corrected chi connectivity index (χ2v) is 4.53. The fourth-order valence-corrected chi connectivity index (χ4v) is 1.72. The van der Waals surface area contributed by atoms with E-state index >= 15 is 0 Å². The summed E-state index contributed by atoms with van der Waals surface area (Å²) in [5, 5.41) is 15.2. The molecule has 0 saturated carbocycles. The zero-order chi connectivity index (χ0) is 12.6. The van der Waals surface area contributed by atoms with E-state index in [0.29, 0.717) is 0 Å². The Hall–Kier alpha value is -1.02. The summed E-state index contributed by atoms with van der Waals surface area (Å²) >= 11 is 0.926. The minimum absolute atomic E-state index is 0.146. The Kier molecular flexibility index (Phi) is 7.65. The Morgan fingerprint density at radius 1 is 1.38 bits per heavy atom. The van der Waals surface area contributed by atoms with Crippen LogP contribution in [0.15, 0.2) is 10.4 Å². The summed E-state index contributed by atoms with van der Waals surface area (Å²) in [6.45, 7) is 3.29. The van der Waals surface area contributed by atoms with Crippen molar-refractivity contribution in [1.29, 1.82) is 0 Å². The molecular formula is C8H15N3O4S. The van der Waals surface area contributed by atoms with Crippen LogP contribution in [-0.4, -0.2) is 40.8 Å². The highest BCUT2D eigenvalue weighted by Crippen LogP contribution is 2.18. The number of hydrogen-bond acceptors (Lipinski definition) is 7. The number of carbonyl (C=O) groups excluding carboxylic acids is 1. The summed E-state index contributed by atoms with van der Waals surface area (Å²) in [6.07, 6.45) is 0. The maximum atomic E-state index is 11.5. The molecule has 0 saturated heterocycles. The third-order valence-corrected chi connectivity index (χ3v) is 2.67. The molecule has 0 heterocycles. The maximum Gasteiger partial charge on any atom is 0.251 e. The maximum absolute atomic E-state index is 11.5. The van der Waals surface area contributed by atoms with E-state index < -0.39 is 17.3 Å². The van der Waals surface area contributed by atoms with Crippen molar-refractivity contribution in [2.24, 2.45) is 10.4 Å². The molecule has 0 aliphatic rings. The van der Waals surface area contributed by atoms with Gasteiger partial charge in [0.2, 0.25) is 6.04 Å². The normalized spacial score (nSPS) is 14.2. The smallest absolute Gasteiger partial charge is 0.251 e. The van der Waals surface area contributed by atoms with Gasteiger partial charge in [-0.2, -0.15) is 0 Å². The number of rotatable bonds is 8. The molecule has 0 rings (SSSR count). The largest absolute Gasteiger partial charge is 0.396 e. The molecule has 0 bridgehead atoms. The Bertz CT molecular complexity index is 249. The van der Waals surface area contributed by atoms with E-state index in [1.54, 1.807) is 13.8 Å². The first-order valence-electron chi connectivity index (χ1n) is 4.74. The van der Waals surface area contributed by atoms with Crippen LogP contribution in [0.4, 0.5) is 0 Å². The van der Waals surface area contributed by atoms with E-state index in [9.17, 15) is 14.6 Å². The third-order valence-electron chi connectivity index (χ3n) is 1.57. The lowest BCUT2D eigenvalue weighted by Crippen LogP contribution is -2.42. The second-order valence-electron chi connectivity index (χ2n) is 3.30. The average molecular weight is 249 g/mol. The number of thioether (sulfide) groups is 1. The van der Waals surface area contributed by atoms with Gasteiger partial charge >= 0.3 is 0 Å². The molecule has 0 aliphatic carbocycles. The number of hydrogen-bond donors (Lipinski definition) is 2. The molecule has 92 valence electrons. The average Bonchev–Trinajstić information content (AvgIpc) is 2.22. The van der Waals surface area contributed by atoms with Gasteiger partial charge in [0.25, 0.3) is 5.91 Å². The summed E-state index contributed by atoms with van der Waals surface area (Å²) in [6, 6.07) is -1.50. The molecular weight excluding hydrogens is 234 g/mol. The van der Waals surface area contributed by atoms with Crippen LogP contribution in [0.1, 0.15) is 13.8 Å². The molecule has 8 heteroatoms. The summed E-state index contributed by atoms with van der Waals surface area (Å²) in [7, 11) is 0. The molecule has 0 aromatic heterocycles. The molecule has 0 aromatic carbocycles. The Labute approximate surface area is 97.3 Å². The Morgan fingerprint density at radius 3 is 2.38 bits per heavy atom. The summed E-state index contributed by atoms with van der Waals surface area (Å²) < 4.78 is 0. The van der Waals surface area contributed by atoms with Crippen LogP contribution in [-0.2, 0) is 4.79 Å². The van der Waals surface area contributed by atoms with Gasteiger partial charge in [0.05, 0.1) is 6.61 Å². The predicted octanol–water partition coefficient (Wildman–Crippen LogP) is 0.464. The standard InChI is InChI=1S/C8H15N3O4S/c1-5(2)9-7(13)6(10-14)8(11-15)16-4-3-12/h5-6,8,12H,3-4H2,1-2H3,(H,9,13). The molecule has 2 unspecified atom stereocenters. The van der Waals surface area contributed by atoms with E-state index in [1.165, 1.54) is 0 Å². The van der Waals surface area contributed by atoms with Gasteiger partial charge in [-0.25, -0.2) is 0 Å². The number of aliphatic hydroxyl groups is 1. The third kappa shape index (κ3) is 5.17. The minimum Gasteiger partial charge on any atom is -0.396 e. The highest BCUT2D eigenvalue weighted by molar-refractivity contribution is 8.00. The van der Waals surface area contributed by atoms with Gasteiger partial charge in [0, 0.05) is 11.8 Å². The van der Waals surface area contributed by atoms with Gasteiger partial charge < -0.3 is 10.4 Å². The van der Waals surface area contributed by atoms with Crippen LogP contribution in [0, 0.1) is 9.81 Å². The van der Waals surface area contributed by atoms with Crippen LogP contribution >= 0.6 is 11.8 Å². The van der Waals surface area contributed by atoms with Crippen LogP contribution in [0.5, 0.6) is 0 Å². The van der Waals surface area contributed by atoms with Gasteiger partial charge in [0.15, 0.2) is 5.37 Å². The van der Waals surface area contributed by atoms with Gasteiger partial charge in [-0.15, -0.1) is 21.6 Å². The van der Waals surface area contributed by atoms with Crippen molar-refractivity contribution in [3.05, 3.63) is 9.81 Å². The fraction of sp³-hybridized carbons (Fsp3) is 0.875. The van der Waals surface area contributed by atoms with Crippen molar-refractivity contribution < 1.29 is 9.90 Å². The van der Waals surface area contributed by atoms with Gasteiger partial charge in [-0.05, 0) is 13.8 Å². The first-order chi connectivity index (χ1) is 7.56. The SMILES string of the molecule is CC(C)NC(=O)C(N=O)C(N=O)SCCO. The molecule has 0 aliphatic heterocycles. The summed E-state index contributed by atoms with van der Waals surface area (Å²) in [5.41, 5.74) is 0. The number of nitrogens with zero attached hydrogens (tertiary/aromatic N) is 2. The van der Waals surface area contributed by atoms with Gasteiger partial charge in [0.1, 0.15) is 0 Å². The van der Waals surface area contributed by atoms with E-state index in [-0.39, 0.29) is 18.4 Å². The Morgan fingerprint density at radius 2 is 2.00 bits per heavy atom. The second kappa shape index (κ2) is 8.17. The van der Waals surface area contributed by atoms with Crippen molar-refractivity contribution in [3.8, 4) is 0 Å². The number of aliphatic hydroxyl groups excluding tert-OH is 1. The molecule has 16 heavy (non-hydrogen) atoms. The molecule has 7 nitrogen and oxygen atoms in total. The lowest BCUT2D eigenvalue weighted by molar-refractivity contribution is -0.122. The van der Waals surface area contributed by atoms with E-state index in [1.807, 2.05) is 0 Å². The van der Waals surface area contributed by atoms with Crippen molar-refractivity contribution in [2.45, 2.75) is 31.3 Å². The van der Waals surface area contributed by atoms with Crippen molar-refractivity contribution in [2.75, 3.05) is 12.4 Å². The fourth-order valence-electron chi connectivity index (χ4n) is 0.952.